The monoisotopic (exact) mass is 516 g/mol. The molecular weight excluding hydrogens is 487 g/mol. The highest BCUT2D eigenvalue weighted by Crippen LogP contribution is 2.24. The molecule has 1 aliphatic heterocycles. The van der Waals surface area contributed by atoms with E-state index in [4.69, 9.17) is 9.68 Å². The SMILES string of the molecule is Cc1cc2cc(N=C(/N=C/C3CCCCN(CC(=O)NCCc4ccccc4F)C3=O)NC#N)ccc2o1. The second kappa shape index (κ2) is 12.6. The van der Waals surface area contributed by atoms with E-state index in [1.807, 2.05) is 25.2 Å². The molecule has 10 heteroatoms. The number of benzene rings is 2. The topological polar surface area (TPSA) is 123 Å². The lowest BCUT2D eigenvalue weighted by Gasteiger charge is -2.22. The van der Waals surface area contributed by atoms with Gasteiger partial charge in [-0.05, 0) is 62.1 Å². The molecule has 0 saturated carbocycles. The Balaban J connectivity index is 1.38. The Morgan fingerprint density at radius 1 is 1.26 bits per heavy atom. The zero-order valence-corrected chi connectivity index (χ0v) is 21.1. The molecular formula is C28H29FN6O3. The number of rotatable bonds is 7. The van der Waals surface area contributed by atoms with Crippen molar-refractivity contribution in [2.45, 2.75) is 32.6 Å². The van der Waals surface area contributed by atoms with Gasteiger partial charge in [0.15, 0.2) is 6.19 Å². The summed E-state index contributed by atoms with van der Waals surface area (Å²) in [6.45, 7) is 2.52. The standard InChI is InChI=1S/C28H29FN6O3/c1-19-14-22-15-23(9-10-25(22)38-19)34-28(33-18-30)32-16-21-7-4-5-13-35(27(21)37)17-26(36)31-12-11-20-6-2-3-8-24(20)29/h2-3,6,8-10,14-16,21H,4-5,7,11-13,17H2,1H3,(H,31,36)(H,33,34)/b32-16+. The van der Waals surface area contributed by atoms with Crippen molar-refractivity contribution in [2.75, 3.05) is 19.6 Å². The number of carbonyl (C=O) groups is 2. The molecule has 38 heavy (non-hydrogen) atoms. The highest BCUT2D eigenvalue weighted by Gasteiger charge is 2.27. The van der Waals surface area contributed by atoms with Gasteiger partial charge in [-0.25, -0.2) is 14.4 Å². The van der Waals surface area contributed by atoms with Crippen LogP contribution in [0.2, 0.25) is 0 Å². The number of likely N-dealkylation sites (tertiary alicyclic amines) is 1. The molecule has 1 aromatic heterocycles. The van der Waals surface area contributed by atoms with Gasteiger partial charge in [-0.15, -0.1) is 0 Å². The number of nitrogens with zero attached hydrogens (tertiary/aromatic N) is 4. The summed E-state index contributed by atoms with van der Waals surface area (Å²) in [6, 6.07) is 13.7. The average molecular weight is 517 g/mol. The predicted molar refractivity (Wildman–Crippen MR) is 142 cm³/mol. The summed E-state index contributed by atoms with van der Waals surface area (Å²) < 4.78 is 19.4. The van der Waals surface area contributed by atoms with Gasteiger partial charge in [0.1, 0.15) is 17.2 Å². The first kappa shape index (κ1) is 26.5. The minimum absolute atomic E-state index is 0.0570. The Bertz CT molecular complexity index is 1410. The van der Waals surface area contributed by atoms with Crippen molar-refractivity contribution in [2.24, 2.45) is 15.9 Å². The Morgan fingerprint density at radius 3 is 2.92 bits per heavy atom. The van der Waals surface area contributed by atoms with Crippen LogP contribution in [0.5, 0.6) is 0 Å². The maximum absolute atomic E-state index is 13.8. The van der Waals surface area contributed by atoms with Gasteiger partial charge in [-0.3, -0.25) is 14.9 Å². The molecule has 196 valence electrons. The van der Waals surface area contributed by atoms with Crippen LogP contribution >= 0.6 is 0 Å². The number of fused-ring (bicyclic) bond motifs is 1. The number of hydrogen-bond acceptors (Lipinski definition) is 5. The molecule has 1 unspecified atom stereocenters. The second-order valence-corrected chi connectivity index (χ2v) is 9.08. The van der Waals surface area contributed by atoms with Gasteiger partial charge in [0.05, 0.1) is 18.2 Å². The van der Waals surface area contributed by atoms with Gasteiger partial charge >= 0.3 is 0 Å². The largest absolute Gasteiger partial charge is 0.461 e. The van der Waals surface area contributed by atoms with E-state index >= 15 is 0 Å². The Labute approximate surface area is 220 Å². The summed E-state index contributed by atoms with van der Waals surface area (Å²) in [4.78, 5) is 35.9. The fourth-order valence-electron chi connectivity index (χ4n) is 4.35. The van der Waals surface area contributed by atoms with Crippen LogP contribution in [-0.4, -0.2) is 48.5 Å². The third-order valence-corrected chi connectivity index (χ3v) is 6.23. The molecule has 0 spiro atoms. The van der Waals surface area contributed by atoms with E-state index in [9.17, 15) is 14.0 Å². The van der Waals surface area contributed by atoms with E-state index in [-0.39, 0.29) is 36.7 Å². The first-order valence-electron chi connectivity index (χ1n) is 12.5. The molecule has 1 saturated heterocycles. The molecule has 3 aromatic rings. The molecule has 2 N–H and O–H groups in total. The Kier molecular flexibility index (Phi) is 8.82. The van der Waals surface area contributed by atoms with Crippen LogP contribution in [0.3, 0.4) is 0 Å². The molecule has 9 nitrogen and oxygen atoms in total. The molecule has 2 amide bonds. The fourth-order valence-corrected chi connectivity index (χ4v) is 4.35. The first-order valence-corrected chi connectivity index (χ1v) is 12.5. The molecule has 4 rings (SSSR count). The quantitative estimate of drug-likeness (QED) is 0.213. The average Bonchev–Trinajstić information content (AvgIpc) is 3.18. The van der Waals surface area contributed by atoms with E-state index < -0.39 is 5.92 Å². The van der Waals surface area contributed by atoms with Crippen molar-refractivity contribution >= 4 is 40.6 Å². The van der Waals surface area contributed by atoms with E-state index in [1.54, 1.807) is 30.3 Å². The van der Waals surface area contributed by atoms with Crippen LogP contribution in [0.25, 0.3) is 11.0 Å². The van der Waals surface area contributed by atoms with E-state index in [1.165, 1.54) is 17.2 Å². The third-order valence-electron chi connectivity index (χ3n) is 6.23. The summed E-state index contributed by atoms with van der Waals surface area (Å²) in [5.41, 5.74) is 1.84. The lowest BCUT2D eigenvalue weighted by atomic mass is 10.0. The maximum atomic E-state index is 13.8. The summed E-state index contributed by atoms with van der Waals surface area (Å²) in [5.74, 6) is -0.523. The Hall–Kier alpha value is -4.52. The molecule has 2 aromatic carbocycles. The van der Waals surface area contributed by atoms with Gasteiger partial charge in [-0.2, -0.15) is 5.26 Å². The summed E-state index contributed by atoms with van der Waals surface area (Å²) in [7, 11) is 0. The molecule has 2 heterocycles. The van der Waals surface area contributed by atoms with Crippen molar-refractivity contribution in [1.29, 1.82) is 5.26 Å². The third kappa shape index (κ3) is 7.03. The zero-order valence-electron chi connectivity index (χ0n) is 21.1. The number of guanidine groups is 1. The van der Waals surface area contributed by atoms with Crippen LogP contribution in [0.4, 0.5) is 10.1 Å². The van der Waals surface area contributed by atoms with Crippen molar-refractivity contribution in [1.82, 2.24) is 15.5 Å². The number of amides is 2. The van der Waals surface area contributed by atoms with Crippen LogP contribution in [0.15, 0.2) is 62.9 Å². The van der Waals surface area contributed by atoms with Crippen LogP contribution in [-0.2, 0) is 16.0 Å². The van der Waals surface area contributed by atoms with Crippen molar-refractivity contribution < 1.29 is 18.4 Å². The zero-order chi connectivity index (χ0) is 26.9. The van der Waals surface area contributed by atoms with Crippen LogP contribution in [0.1, 0.15) is 30.6 Å². The van der Waals surface area contributed by atoms with Crippen LogP contribution < -0.4 is 10.6 Å². The first-order chi connectivity index (χ1) is 18.4. The van der Waals surface area contributed by atoms with E-state index in [0.717, 1.165) is 29.6 Å². The predicted octanol–water partition coefficient (Wildman–Crippen LogP) is 4.00. The molecule has 1 aliphatic rings. The number of aliphatic imine (C=N–C) groups is 2. The van der Waals surface area contributed by atoms with Crippen molar-refractivity contribution in [3.05, 3.63) is 65.7 Å². The molecule has 1 atom stereocenters. The number of halogens is 1. The molecule has 0 radical (unpaired) electrons. The van der Waals surface area contributed by atoms with E-state index in [2.05, 4.69) is 20.6 Å². The molecule has 0 aliphatic carbocycles. The van der Waals surface area contributed by atoms with Gasteiger partial charge in [0, 0.05) is 24.7 Å². The number of furan rings is 1. The van der Waals surface area contributed by atoms with Gasteiger partial charge in [0.25, 0.3) is 0 Å². The van der Waals surface area contributed by atoms with Crippen molar-refractivity contribution in [3.8, 4) is 6.19 Å². The number of hydrogen-bond donors (Lipinski definition) is 2. The van der Waals surface area contributed by atoms with Gasteiger partial charge in [-0.1, -0.05) is 24.6 Å². The minimum atomic E-state index is -0.548. The minimum Gasteiger partial charge on any atom is -0.461 e. The van der Waals surface area contributed by atoms with Crippen LogP contribution in [0, 0.1) is 30.1 Å². The maximum Gasteiger partial charge on any atom is 0.239 e. The summed E-state index contributed by atoms with van der Waals surface area (Å²) in [6.07, 6.45) is 5.81. The number of nitrogens with one attached hydrogen (secondary N) is 2. The Morgan fingerprint density at radius 2 is 2.11 bits per heavy atom. The fraction of sp³-hybridized carbons (Fsp3) is 0.321. The lowest BCUT2D eigenvalue weighted by Crippen LogP contribution is -2.43. The summed E-state index contributed by atoms with van der Waals surface area (Å²) >= 11 is 0. The smallest absolute Gasteiger partial charge is 0.239 e. The second-order valence-electron chi connectivity index (χ2n) is 9.08. The van der Waals surface area contributed by atoms with Gasteiger partial charge < -0.3 is 14.6 Å². The number of nitriles is 1. The lowest BCUT2D eigenvalue weighted by molar-refractivity contribution is -0.137. The summed E-state index contributed by atoms with van der Waals surface area (Å²) in [5, 5.41) is 15.3. The highest BCUT2D eigenvalue weighted by molar-refractivity contribution is 6.00. The number of carbonyl (C=O) groups excluding carboxylic acids is 2. The van der Waals surface area contributed by atoms with E-state index in [0.29, 0.717) is 30.6 Å². The highest BCUT2D eigenvalue weighted by atomic mass is 19.1. The normalized spacial score (nSPS) is 16.4. The number of aryl methyl sites for hydroxylation is 1. The van der Waals surface area contributed by atoms with Crippen molar-refractivity contribution in [3.63, 3.8) is 0 Å². The molecule has 1 fully saturated rings. The molecule has 0 bridgehead atoms. The van der Waals surface area contributed by atoms with Gasteiger partial charge in [0.2, 0.25) is 17.8 Å².